The van der Waals surface area contributed by atoms with E-state index in [0.717, 1.165) is 17.4 Å². The Morgan fingerprint density at radius 2 is 1.89 bits per heavy atom. The minimum Gasteiger partial charge on any atom is -0.452 e. The Bertz CT molecular complexity index is 692. The maximum Gasteiger partial charge on any atom is 0.331 e. The molecule has 1 aromatic carbocycles. The highest BCUT2D eigenvalue weighted by Crippen LogP contribution is 2.49. The van der Waals surface area contributed by atoms with Crippen molar-refractivity contribution in [1.82, 2.24) is 5.32 Å². The van der Waals surface area contributed by atoms with Crippen molar-refractivity contribution in [2.24, 2.45) is 17.8 Å². The van der Waals surface area contributed by atoms with Crippen LogP contribution < -0.4 is 5.32 Å². The Morgan fingerprint density at radius 3 is 2.48 bits per heavy atom. The largest absolute Gasteiger partial charge is 0.452 e. The SMILES string of the molecule is CC(C)c1ccc(/C=C/C(=O)OCC(=O)NC(C)C2CC3CCC2C3)cc1. The van der Waals surface area contributed by atoms with Gasteiger partial charge in [0.1, 0.15) is 0 Å². The van der Waals surface area contributed by atoms with Gasteiger partial charge in [0.05, 0.1) is 0 Å². The lowest BCUT2D eigenvalue weighted by Gasteiger charge is -2.28. The van der Waals surface area contributed by atoms with Crippen LogP contribution in [0.2, 0.25) is 0 Å². The Labute approximate surface area is 162 Å². The highest BCUT2D eigenvalue weighted by molar-refractivity contribution is 5.89. The summed E-state index contributed by atoms with van der Waals surface area (Å²) in [4.78, 5) is 23.9. The van der Waals surface area contributed by atoms with Crippen molar-refractivity contribution in [2.45, 2.75) is 58.4 Å². The van der Waals surface area contributed by atoms with E-state index in [2.05, 4.69) is 38.2 Å². The molecule has 4 heteroatoms. The monoisotopic (exact) mass is 369 g/mol. The Hall–Kier alpha value is -2.10. The zero-order chi connectivity index (χ0) is 19.4. The molecule has 0 aliphatic heterocycles. The molecule has 2 bridgehead atoms. The van der Waals surface area contributed by atoms with Gasteiger partial charge in [-0.25, -0.2) is 4.79 Å². The minimum absolute atomic E-state index is 0.154. The van der Waals surface area contributed by atoms with Crippen LogP contribution in [0.1, 0.15) is 63.5 Å². The number of carbonyl (C=O) groups is 2. The molecule has 27 heavy (non-hydrogen) atoms. The van der Waals surface area contributed by atoms with Gasteiger partial charge < -0.3 is 10.1 Å². The molecule has 1 aromatic rings. The van der Waals surface area contributed by atoms with E-state index in [4.69, 9.17) is 4.74 Å². The fraction of sp³-hybridized carbons (Fsp3) is 0.565. The van der Waals surface area contributed by atoms with Gasteiger partial charge in [0, 0.05) is 12.1 Å². The average molecular weight is 370 g/mol. The van der Waals surface area contributed by atoms with Gasteiger partial charge in [-0.15, -0.1) is 0 Å². The molecule has 2 saturated carbocycles. The summed E-state index contributed by atoms with van der Waals surface area (Å²) in [7, 11) is 0. The molecule has 1 N–H and O–H groups in total. The van der Waals surface area contributed by atoms with Crippen molar-refractivity contribution in [3.8, 4) is 0 Å². The first-order chi connectivity index (χ1) is 12.9. The number of benzene rings is 1. The number of nitrogens with one attached hydrogen (secondary N) is 1. The molecule has 0 saturated heterocycles. The Kier molecular flexibility index (Phi) is 6.35. The van der Waals surface area contributed by atoms with E-state index in [1.807, 2.05) is 12.1 Å². The van der Waals surface area contributed by atoms with E-state index < -0.39 is 5.97 Å². The van der Waals surface area contributed by atoms with Crippen molar-refractivity contribution in [1.29, 1.82) is 0 Å². The standard InChI is InChI=1S/C23H31NO3/c1-15(2)19-8-4-17(5-9-19)7-11-23(26)27-14-22(25)24-16(3)21-13-18-6-10-20(21)12-18/h4-5,7-9,11,15-16,18,20-21H,6,10,12-14H2,1-3H3,(H,24,25)/b11-7+. The summed E-state index contributed by atoms with van der Waals surface area (Å²) in [5.74, 6) is 1.97. The molecule has 2 aliphatic rings. The van der Waals surface area contributed by atoms with E-state index >= 15 is 0 Å². The van der Waals surface area contributed by atoms with Gasteiger partial charge in [0.15, 0.2) is 6.61 Å². The third-order valence-corrected chi connectivity index (χ3v) is 6.18. The first-order valence-electron chi connectivity index (χ1n) is 10.2. The normalized spacial score (nSPS) is 25.1. The molecular formula is C23H31NO3. The van der Waals surface area contributed by atoms with Gasteiger partial charge in [-0.1, -0.05) is 44.5 Å². The van der Waals surface area contributed by atoms with E-state index in [-0.39, 0.29) is 18.6 Å². The molecule has 2 fully saturated rings. The third kappa shape index (κ3) is 5.21. The number of rotatable bonds is 7. The second-order valence-electron chi connectivity index (χ2n) is 8.46. The van der Waals surface area contributed by atoms with Crippen molar-refractivity contribution in [3.05, 3.63) is 41.5 Å². The molecule has 2 aliphatic carbocycles. The molecule has 0 heterocycles. The highest BCUT2D eigenvalue weighted by Gasteiger charge is 2.42. The quantitative estimate of drug-likeness (QED) is 0.576. The smallest absolute Gasteiger partial charge is 0.331 e. The fourth-order valence-electron chi connectivity index (χ4n) is 4.65. The zero-order valence-electron chi connectivity index (χ0n) is 16.6. The van der Waals surface area contributed by atoms with Crippen LogP contribution in [0.5, 0.6) is 0 Å². The summed E-state index contributed by atoms with van der Waals surface area (Å²) in [5, 5.41) is 3.01. The lowest BCUT2D eigenvalue weighted by molar-refractivity contribution is -0.144. The maximum absolute atomic E-state index is 12.1. The van der Waals surface area contributed by atoms with Crippen LogP contribution in [-0.4, -0.2) is 24.5 Å². The van der Waals surface area contributed by atoms with E-state index in [9.17, 15) is 9.59 Å². The van der Waals surface area contributed by atoms with Crippen molar-refractivity contribution in [2.75, 3.05) is 6.61 Å². The Balaban J connectivity index is 1.39. The van der Waals surface area contributed by atoms with Crippen LogP contribution in [0.25, 0.3) is 6.08 Å². The number of ether oxygens (including phenoxy) is 1. The average Bonchev–Trinajstić information content (AvgIpc) is 3.28. The van der Waals surface area contributed by atoms with Crippen LogP contribution in [-0.2, 0) is 14.3 Å². The number of carbonyl (C=O) groups excluding carboxylic acids is 2. The molecule has 0 aromatic heterocycles. The molecule has 0 spiro atoms. The van der Waals surface area contributed by atoms with Crippen molar-refractivity contribution < 1.29 is 14.3 Å². The fourth-order valence-corrected chi connectivity index (χ4v) is 4.65. The molecule has 4 nitrogen and oxygen atoms in total. The minimum atomic E-state index is -0.495. The van der Waals surface area contributed by atoms with Crippen molar-refractivity contribution >= 4 is 18.0 Å². The summed E-state index contributed by atoms with van der Waals surface area (Å²) in [6, 6.07) is 8.22. The second kappa shape index (κ2) is 8.73. The number of amides is 1. The van der Waals surface area contributed by atoms with Gasteiger partial charge in [-0.3, -0.25) is 4.79 Å². The summed E-state index contributed by atoms with van der Waals surface area (Å²) in [5.41, 5.74) is 2.20. The van der Waals surface area contributed by atoms with E-state index in [0.29, 0.717) is 11.8 Å². The van der Waals surface area contributed by atoms with E-state index in [1.165, 1.54) is 37.3 Å². The molecular weight excluding hydrogens is 338 g/mol. The number of esters is 1. The van der Waals surface area contributed by atoms with Gasteiger partial charge in [0.25, 0.3) is 5.91 Å². The van der Waals surface area contributed by atoms with Crippen LogP contribution in [0.3, 0.4) is 0 Å². The topological polar surface area (TPSA) is 55.4 Å². The summed E-state index contributed by atoms with van der Waals surface area (Å²) < 4.78 is 5.08. The molecule has 0 radical (unpaired) electrons. The maximum atomic E-state index is 12.1. The first-order valence-corrected chi connectivity index (χ1v) is 10.2. The number of hydrogen-bond acceptors (Lipinski definition) is 3. The lowest BCUT2D eigenvalue weighted by Crippen LogP contribution is -2.41. The van der Waals surface area contributed by atoms with Gasteiger partial charge in [-0.2, -0.15) is 0 Å². The van der Waals surface area contributed by atoms with Gasteiger partial charge in [-0.05, 0) is 67.1 Å². The molecule has 4 atom stereocenters. The third-order valence-electron chi connectivity index (χ3n) is 6.18. The van der Waals surface area contributed by atoms with Crippen LogP contribution in [0.4, 0.5) is 0 Å². The summed E-state index contributed by atoms with van der Waals surface area (Å²) >= 11 is 0. The number of fused-ring (bicyclic) bond motifs is 2. The number of hydrogen-bond donors (Lipinski definition) is 1. The molecule has 3 rings (SSSR count). The van der Waals surface area contributed by atoms with Crippen LogP contribution in [0, 0.1) is 17.8 Å². The summed E-state index contributed by atoms with van der Waals surface area (Å²) in [6.07, 6.45) is 8.28. The lowest BCUT2D eigenvalue weighted by atomic mass is 9.84. The molecule has 146 valence electrons. The first kappa shape index (κ1) is 19.7. The highest BCUT2D eigenvalue weighted by atomic mass is 16.5. The van der Waals surface area contributed by atoms with Crippen LogP contribution >= 0.6 is 0 Å². The zero-order valence-corrected chi connectivity index (χ0v) is 16.6. The molecule has 1 amide bonds. The predicted molar refractivity (Wildman–Crippen MR) is 107 cm³/mol. The predicted octanol–water partition coefficient (Wildman–Crippen LogP) is 4.31. The van der Waals surface area contributed by atoms with Gasteiger partial charge >= 0.3 is 5.97 Å². The second-order valence-corrected chi connectivity index (χ2v) is 8.46. The molecule has 4 unspecified atom stereocenters. The summed E-state index contributed by atoms with van der Waals surface area (Å²) in [6.45, 7) is 6.14. The Morgan fingerprint density at radius 1 is 1.15 bits per heavy atom. The van der Waals surface area contributed by atoms with Gasteiger partial charge in [0.2, 0.25) is 0 Å². The van der Waals surface area contributed by atoms with Crippen LogP contribution in [0.15, 0.2) is 30.3 Å². The van der Waals surface area contributed by atoms with E-state index in [1.54, 1.807) is 6.08 Å². The van der Waals surface area contributed by atoms with Crippen molar-refractivity contribution in [3.63, 3.8) is 0 Å².